The van der Waals surface area contributed by atoms with Gasteiger partial charge in [-0.05, 0) is 12.0 Å². The van der Waals surface area contributed by atoms with Crippen molar-refractivity contribution in [2.75, 3.05) is 13.1 Å². The molecule has 0 bridgehead atoms. The van der Waals surface area contributed by atoms with Crippen molar-refractivity contribution in [3.05, 3.63) is 53.6 Å². The lowest BCUT2D eigenvalue weighted by Crippen LogP contribution is -2.30. The predicted molar refractivity (Wildman–Crippen MR) is 82.2 cm³/mol. The van der Waals surface area contributed by atoms with Crippen molar-refractivity contribution in [3.63, 3.8) is 0 Å². The van der Waals surface area contributed by atoms with Gasteiger partial charge in [-0.1, -0.05) is 24.3 Å². The first kappa shape index (κ1) is 13.8. The van der Waals surface area contributed by atoms with Crippen LogP contribution in [0.25, 0.3) is 0 Å². The molecule has 5 nitrogen and oxygen atoms in total. The molecule has 0 spiro atoms. The fraction of sp³-hybridized carbons (Fsp3) is 0.375. The summed E-state index contributed by atoms with van der Waals surface area (Å²) in [6, 6.07) is 8.37. The van der Waals surface area contributed by atoms with E-state index in [0.29, 0.717) is 13.2 Å². The molecule has 0 unspecified atom stereocenters. The number of rotatable bonds is 5. The van der Waals surface area contributed by atoms with Gasteiger partial charge in [-0.2, -0.15) is 0 Å². The smallest absolute Gasteiger partial charge is 0.134 e. The number of hydrogen-bond donors (Lipinski definition) is 1. The van der Waals surface area contributed by atoms with Gasteiger partial charge in [0.1, 0.15) is 18.3 Å². The SMILES string of the molecule is Cn1ccnc1COCc1ccc(C2=NCCCN2)cc1. The van der Waals surface area contributed by atoms with Crippen molar-refractivity contribution in [2.45, 2.75) is 19.6 Å². The standard InChI is InChI=1S/C16H20N4O/c1-20-10-9-17-15(20)12-21-11-13-3-5-14(6-4-13)16-18-7-2-8-19-16/h3-6,9-10H,2,7-8,11-12H2,1H3,(H,18,19). The largest absolute Gasteiger partial charge is 0.370 e. The Balaban J connectivity index is 1.55. The van der Waals surface area contributed by atoms with E-state index in [9.17, 15) is 0 Å². The summed E-state index contributed by atoms with van der Waals surface area (Å²) in [5, 5.41) is 3.33. The second-order valence-electron chi connectivity index (χ2n) is 5.15. The third-order valence-corrected chi connectivity index (χ3v) is 3.55. The lowest BCUT2D eigenvalue weighted by atomic mass is 10.1. The van der Waals surface area contributed by atoms with Gasteiger partial charge in [0.05, 0.1) is 6.61 Å². The molecule has 0 saturated heterocycles. The van der Waals surface area contributed by atoms with E-state index in [-0.39, 0.29) is 0 Å². The van der Waals surface area contributed by atoms with Crippen molar-refractivity contribution in [3.8, 4) is 0 Å². The molecular weight excluding hydrogens is 264 g/mol. The van der Waals surface area contributed by atoms with Gasteiger partial charge < -0.3 is 14.6 Å². The van der Waals surface area contributed by atoms with Crippen LogP contribution >= 0.6 is 0 Å². The molecule has 1 N–H and O–H groups in total. The van der Waals surface area contributed by atoms with Gasteiger partial charge in [-0.15, -0.1) is 0 Å². The van der Waals surface area contributed by atoms with Gasteiger partial charge in [0.2, 0.25) is 0 Å². The summed E-state index contributed by atoms with van der Waals surface area (Å²) in [6.07, 6.45) is 4.82. The molecule has 2 heterocycles. The van der Waals surface area contributed by atoms with Gasteiger partial charge in [0.15, 0.2) is 0 Å². The van der Waals surface area contributed by atoms with Gasteiger partial charge in [0, 0.05) is 38.1 Å². The van der Waals surface area contributed by atoms with Crippen LogP contribution in [0.4, 0.5) is 0 Å². The first-order valence-electron chi connectivity index (χ1n) is 7.24. The molecule has 1 aliphatic heterocycles. The fourth-order valence-electron chi connectivity index (χ4n) is 2.28. The van der Waals surface area contributed by atoms with Gasteiger partial charge >= 0.3 is 0 Å². The second kappa shape index (κ2) is 6.54. The summed E-state index contributed by atoms with van der Waals surface area (Å²) in [4.78, 5) is 8.73. The highest BCUT2D eigenvalue weighted by atomic mass is 16.5. The zero-order valence-electron chi connectivity index (χ0n) is 12.2. The van der Waals surface area contributed by atoms with E-state index in [0.717, 1.165) is 42.3 Å². The minimum atomic E-state index is 0.527. The number of benzene rings is 1. The molecule has 1 aliphatic rings. The van der Waals surface area contributed by atoms with E-state index in [4.69, 9.17) is 4.74 Å². The summed E-state index contributed by atoms with van der Waals surface area (Å²) >= 11 is 0. The molecule has 5 heteroatoms. The van der Waals surface area contributed by atoms with Gasteiger partial charge in [-0.25, -0.2) is 4.98 Å². The number of ether oxygens (including phenoxy) is 1. The average molecular weight is 284 g/mol. The van der Waals surface area contributed by atoms with E-state index in [1.54, 1.807) is 6.20 Å². The highest BCUT2D eigenvalue weighted by Crippen LogP contribution is 2.09. The van der Waals surface area contributed by atoms with Crippen LogP contribution in [0.1, 0.15) is 23.4 Å². The molecule has 0 atom stereocenters. The van der Waals surface area contributed by atoms with Crippen LogP contribution in [-0.2, 0) is 25.0 Å². The highest BCUT2D eigenvalue weighted by molar-refractivity contribution is 5.99. The number of imidazole rings is 1. The minimum Gasteiger partial charge on any atom is -0.370 e. The van der Waals surface area contributed by atoms with E-state index in [1.165, 1.54) is 0 Å². The van der Waals surface area contributed by atoms with Crippen LogP contribution in [0.15, 0.2) is 41.7 Å². The van der Waals surface area contributed by atoms with E-state index >= 15 is 0 Å². The number of hydrogen-bond acceptors (Lipinski definition) is 4. The van der Waals surface area contributed by atoms with Crippen LogP contribution in [0.2, 0.25) is 0 Å². The topological polar surface area (TPSA) is 51.4 Å². The quantitative estimate of drug-likeness (QED) is 0.912. The van der Waals surface area contributed by atoms with Crippen LogP contribution < -0.4 is 5.32 Å². The Labute approximate surface area is 124 Å². The summed E-state index contributed by atoms with van der Waals surface area (Å²) in [6.45, 7) is 3.04. The Kier molecular flexibility index (Phi) is 4.31. The molecule has 21 heavy (non-hydrogen) atoms. The maximum Gasteiger partial charge on any atom is 0.134 e. The number of aliphatic imine (C=N–C) groups is 1. The normalized spacial score (nSPS) is 14.6. The minimum absolute atomic E-state index is 0.527. The first-order chi connectivity index (χ1) is 10.3. The number of aryl methyl sites for hydroxylation is 1. The monoisotopic (exact) mass is 284 g/mol. The van der Waals surface area contributed by atoms with Crippen molar-refractivity contribution in [1.82, 2.24) is 14.9 Å². The maximum atomic E-state index is 5.70. The predicted octanol–water partition coefficient (Wildman–Crippen LogP) is 1.88. The molecule has 0 amide bonds. The molecule has 1 aromatic carbocycles. The van der Waals surface area contributed by atoms with Crippen LogP contribution in [-0.4, -0.2) is 28.5 Å². The van der Waals surface area contributed by atoms with Crippen LogP contribution in [0, 0.1) is 0 Å². The third kappa shape index (κ3) is 3.49. The summed E-state index contributed by atoms with van der Waals surface area (Å²) in [5.74, 6) is 1.94. The average Bonchev–Trinajstić information content (AvgIpc) is 2.94. The Morgan fingerprint density at radius 2 is 2.10 bits per heavy atom. The van der Waals surface area contributed by atoms with Crippen molar-refractivity contribution in [1.29, 1.82) is 0 Å². The molecule has 2 aromatic rings. The number of aromatic nitrogens is 2. The highest BCUT2D eigenvalue weighted by Gasteiger charge is 2.06. The first-order valence-corrected chi connectivity index (χ1v) is 7.24. The lowest BCUT2D eigenvalue weighted by Gasteiger charge is -2.14. The molecule has 0 aliphatic carbocycles. The zero-order valence-corrected chi connectivity index (χ0v) is 12.2. The zero-order chi connectivity index (χ0) is 14.5. The van der Waals surface area contributed by atoms with Crippen molar-refractivity contribution < 1.29 is 4.74 Å². The fourth-order valence-corrected chi connectivity index (χ4v) is 2.28. The van der Waals surface area contributed by atoms with Crippen LogP contribution in [0.3, 0.4) is 0 Å². The number of nitrogens with zero attached hydrogens (tertiary/aromatic N) is 3. The third-order valence-electron chi connectivity index (χ3n) is 3.55. The van der Waals surface area contributed by atoms with Crippen LogP contribution in [0.5, 0.6) is 0 Å². The number of nitrogens with one attached hydrogen (secondary N) is 1. The Morgan fingerprint density at radius 3 is 2.76 bits per heavy atom. The Morgan fingerprint density at radius 1 is 1.24 bits per heavy atom. The van der Waals surface area contributed by atoms with E-state index in [1.807, 2.05) is 17.8 Å². The summed E-state index contributed by atoms with van der Waals surface area (Å²) in [5.41, 5.74) is 2.30. The van der Waals surface area contributed by atoms with Crippen molar-refractivity contribution in [2.24, 2.45) is 12.0 Å². The van der Waals surface area contributed by atoms with Gasteiger partial charge in [0.25, 0.3) is 0 Å². The second-order valence-corrected chi connectivity index (χ2v) is 5.15. The molecule has 1 aromatic heterocycles. The summed E-state index contributed by atoms with van der Waals surface area (Å²) in [7, 11) is 1.97. The Hall–Kier alpha value is -2.14. The molecule has 0 saturated carbocycles. The van der Waals surface area contributed by atoms with E-state index in [2.05, 4.69) is 39.6 Å². The molecule has 0 fully saturated rings. The lowest BCUT2D eigenvalue weighted by molar-refractivity contribution is 0.1000. The number of amidine groups is 1. The molecular formula is C16H20N4O. The van der Waals surface area contributed by atoms with Gasteiger partial charge in [-0.3, -0.25) is 4.99 Å². The summed E-state index contributed by atoms with van der Waals surface area (Å²) < 4.78 is 7.67. The molecule has 110 valence electrons. The maximum absolute atomic E-state index is 5.70. The van der Waals surface area contributed by atoms with E-state index < -0.39 is 0 Å². The molecule has 3 rings (SSSR count). The molecule has 0 radical (unpaired) electrons. The van der Waals surface area contributed by atoms with Crippen molar-refractivity contribution >= 4 is 5.84 Å². The Bertz CT molecular complexity index is 615.